The highest BCUT2D eigenvalue weighted by atomic mass is 35.5. The van der Waals surface area contributed by atoms with Crippen LogP contribution in [-0.2, 0) is 22.6 Å². The Morgan fingerprint density at radius 3 is 2.56 bits per heavy atom. The van der Waals surface area contributed by atoms with Crippen molar-refractivity contribution in [3.8, 4) is 11.5 Å². The second-order valence-electron chi connectivity index (χ2n) is 6.73. The minimum atomic E-state index is -0.581. The van der Waals surface area contributed by atoms with Crippen LogP contribution in [0.2, 0.25) is 5.02 Å². The van der Waals surface area contributed by atoms with E-state index in [1.165, 1.54) is 44.6 Å². The molecule has 0 aliphatic rings. The Hall–Kier alpha value is -3.10. The van der Waals surface area contributed by atoms with E-state index in [1.54, 1.807) is 10.3 Å². The fraction of sp³-hybridized carbons (Fsp3) is 0.261. The van der Waals surface area contributed by atoms with Crippen LogP contribution in [0.4, 0.5) is 10.8 Å². The van der Waals surface area contributed by atoms with E-state index >= 15 is 0 Å². The van der Waals surface area contributed by atoms with Gasteiger partial charge in [-0.05, 0) is 30.2 Å². The maximum atomic E-state index is 12.5. The summed E-state index contributed by atoms with van der Waals surface area (Å²) >= 11 is 7.47. The van der Waals surface area contributed by atoms with Crippen molar-refractivity contribution in [3.63, 3.8) is 0 Å². The summed E-state index contributed by atoms with van der Waals surface area (Å²) in [5.74, 6) is -0.0629. The number of benzene rings is 2. The zero-order valence-corrected chi connectivity index (χ0v) is 19.7. The minimum Gasteiger partial charge on any atom is -0.493 e. The molecule has 0 aliphatic heterocycles. The number of nitrogens with zero attached hydrogens (tertiary/aromatic N) is 2. The SMILES string of the molecule is CCc1ccccc1N(C(C)=O)c1nc(COC(=O)c2cc(Cl)c(OC)c(OC)c2)cs1. The van der Waals surface area contributed by atoms with Gasteiger partial charge in [0.25, 0.3) is 0 Å². The number of thiazole rings is 1. The fourth-order valence-corrected chi connectivity index (χ4v) is 4.31. The number of esters is 1. The lowest BCUT2D eigenvalue weighted by atomic mass is 10.1. The number of methoxy groups -OCH3 is 2. The molecule has 168 valence electrons. The van der Waals surface area contributed by atoms with Gasteiger partial charge in [0.2, 0.25) is 5.91 Å². The highest BCUT2D eigenvalue weighted by Crippen LogP contribution is 2.36. The first-order chi connectivity index (χ1) is 15.4. The minimum absolute atomic E-state index is 0.0531. The Labute approximate surface area is 195 Å². The second kappa shape index (κ2) is 10.5. The average Bonchev–Trinajstić information content (AvgIpc) is 3.25. The van der Waals surface area contributed by atoms with Gasteiger partial charge in [-0.25, -0.2) is 9.78 Å². The molecule has 3 rings (SSSR count). The third-order valence-electron chi connectivity index (χ3n) is 4.68. The van der Waals surface area contributed by atoms with Gasteiger partial charge in [0, 0.05) is 12.3 Å². The molecule has 7 nitrogen and oxygen atoms in total. The maximum Gasteiger partial charge on any atom is 0.338 e. The van der Waals surface area contributed by atoms with E-state index in [2.05, 4.69) is 4.98 Å². The summed E-state index contributed by atoms with van der Waals surface area (Å²) in [4.78, 5) is 31.0. The zero-order valence-electron chi connectivity index (χ0n) is 18.2. The lowest BCUT2D eigenvalue weighted by Crippen LogP contribution is -2.23. The number of anilines is 2. The molecule has 2 aromatic carbocycles. The summed E-state index contributed by atoms with van der Waals surface area (Å²) in [5.41, 5.74) is 2.59. The number of aromatic nitrogens is 1. The van der Waals surface area contributed by atoms with Crippen molar-refractivity contribution in [1.82, 2.24) is 4.98 Å². The zero-order chi connectivity index (χ0) is 23.3. The van der Waals surface area contributed by atoms with Crippen LogP contribution < -0.4 is 14.4 Å². The first kappa shape index (κ1) is 23.6. The van der Waals surface area contributed by atoms with Crippen molar-refractivity contribution >= 4 is 45.6 Å². The molecule has 0 bridgehead atoms. The Bertz CT molecular complexity index is 1130. The van der Waals surface area contributed by atoms with Crippen LogP contribution in [-0.4, -0.2) is 31.1 Å². The molecule has 0 saturated heterocycles. The van der Waals surface area contributed by atoms with Crippen LogP contribution in [0, 0.1) is 0 Å². The predicted octanol–water partition coefficient (Wildman–Crippen LogP) is 5.42. The molecule has 9 heteroatoms. The molecule has 1 aromatic heterocycles. The molecule has 0 N–H and O–H groups in total. The molecule has 3 aromatic rings. The Morgan fingerprint density at radius 2 is 1.91 bits per heavy atom. The molecule has 0 unspecified atom stereocenters. The largest absolute Gasteiger partial charge is 0.493 e. The van der Waals surface area contributed by atoms with Crippen LogP contribution in [0.25, 0.3) is 0 Å². The second-order valence-corrected chi connectivity index (χ2v) is 7.97. The van der Waals surface area contributed by atoms with E-state index in [9.17, 15) is 9.59 Å². The molecule has 0 radical (unpaired) electrons. The average molecular weight is 475 g/mol. The first-order valence-corrected chi connectivity index (χ1v) is 11.1. The number of amides is 1. The van der Waals surface area contributed by atoms with Crippen molar-refractivity contribution in [2.24, 2.45) is 0 Å². The molecule has 32 heavy (non-hydrogen) atoms. The summed E-state index contributed by atoms with van der Waals surface area (Å²) in [6.45, 7) is 3.47. The Balaban J connectivity index is 1.77. The number of aryl methyl sites for hydroxylation is 1. The highest BCUT2D eigenvalue weighted by Gasteiger charge is 2.21. The summed E-state index contributed by atoms with van der Waals surface area (Å²) in [5, 5.41) is 2.51. The Kier molecular flexibility index (Phi) is 7.71. The van der Waals surface area contributed by atoms with Crippen LogP contribution in [0.5, 0.6) is 11.5 Å². The van der Waals surface area contributed by atoms with Crippen molar-refractivity contribution in [3.05, 3.63) is 63.6 Å². The quantitative estimate of drug-likeness (QED) is 0.406. The maximum absolute atomic E-state index is 12.5. The molecular weight excluding hydrogens is 452 g/mol. The number of halogens is 1. The third kappa shape index (κ3) is 5.03. The number of rotatable bonds is 8. The van der Waals surface area contributed by atoms with Gasteiger partial charge in [-0.3, -0.25) is 9.69 Å². The summed E-state index contributed by atoms with van der Waals surface area (Å²) in [7, 11) is 2.92. The third-order valence-corrected chi connectivity index (χ3v) is 5.83. The van der Waals surface area contributed by atoms with Crippen molar-refractivity contribution < 1.29 is 23.8 Å². The van der Waals surface area contributed by atoms with E-state index in [0.29, 0.717) is 22.3 Å². The normalized spacial score (nSPS) is 10.5. The lowest BCUT2D eigenvalue weighted by molar-refractivity contribution is -0.115. The molecular formula is C23H23ClN2O5S. The number of carbonyl (C=O) groups excluding carboxylic acids is 2. The molecule has 0 atom stereocenters. The van der Waals surface area contributed by atoms with Gasteiger partial charge in [-0.15, -0.1) is 11.3 Å². The van der Waals surface area contributed by atoms with Crippen molar-refractivity contribution in [2.75, 3.05) is 19.1 Å². The van der Waals surface area contributed by atoms with E-state index in [4.69, 9.17) is 25.8 Å². The number of hydrogen-bond donors (Lipinski definition) is 0. The van der Waals surface area contributed by atoms with Gasteiger partial charge < -0.3 is 14.2 Å². The molecule has 1 heterocycles. The van der Waals surface area contributed by atoms with E-state index in [1.807, 2.05) is 31.2 Å². The molecule has 0 fully saturated rings. The smallest absolute Gasteiger partial charge is 0.338 e. The standard InChI is InChI=1S/C23H23ClN2O5S/c1-5-15-8-6-7-9-19(15)26(14(2)27)23-25-17(13-32-23)12-31-22(28)16-10-18(24)21(30-4)20(11-16)29-3/h6-11,13H,5,12H2,1-4H3. The van der Waals surface area contributed by atoms with Gasteiger partial charge in [-0.2, -0.15) is 0 Å². The van der Waals surface area contributed by atoms with Gasteiger partial charge in [-0.1, -0.05) is 36.7 Å². The molecule has 0 saturated carbocycles. The van der Waals surface area contributed by atoms with Gasteiger partial charge in [0.1, 0.15) is 6.61 Å². The summed E-state index contributed by atoms with van der Waals surface area (Å²) in [6.07, 6.45) is 0.781. The number of ether oxygens (including phenoxy) is 3. The number of hydrogen-bond acceptors (Lipinski definition) is 7. The number of para-hydroxylation sites is 1. The number of carbonyl (C=O) groups is 2. The van der Waals surface area contributed by atoms with E-state index in [0.717, 1.165) is 17.7 Å². The summed E-state index contributed by atoms with van der Waals surface area (Å²) in [6, 6.07) is 10.6. The van der Waals surface area contributed by atoms with Gasteiger partial charge in [0.15, 0.2) is 16.6 Å². The van der Waals surface area contributed by atoms with Crippen LogP contribution in [0.3, 0.4) is 0 Å². The van der Waals surface area contributed by atoms with Crippen molar-refractivity contribution in [2.45, 2.75) is 26.9 Å². The first-order valence-electron chi connectivity index (χ1n) is 9.81. The van der Waals surface area contributed by atoms with Gasteiger partial charge in [0.05, 0.1) is 36.2 Å². The van der Waals surface area contributed by atoms with Crippen LogP contribution in [0.15, 0.2) is 41.8 Å². The Morgan fingerprint density at radius 1 is 1.16 bits per heavy atom. The van der Waals surface area contributed by atoms with E-state index in [-0.39, 0.29) is 23.1 Å². The lowest BCUT2D eigenvalue weighted by Gasteiger charge is -2.20. The monoisotopic (exact) mass is 474 g/mol. The molecule has 0 spiro atoms. The highest BCUT2D eigenvalue weighted by molar-refractivity contribution is 7.14. The molecule has 0 aliphatic carbocycles. The van der Waals surface area contributed by atoms with Crippen LogP contribution in [0.1, 0.15) is 35.5 Å². The van der Waals surface area contributed by atoms with E-state index < -0.39 is 5.97 Å². The predicted molar refractivity (Wildman–Crippen MR) is 124 cm³/mol. The molecule has 1 amide bonds. The topological polar surface area (TPSA) is 78.0 Å². The van der Waals surface area contributed by atoms with Crippen molar-refractivity contribution in [1.29, 1.82) is 0 Å². The van der Waals surface area contributed by atoms with Crippen LogP contribution >= 0.6 is 22.9 Å². The summed E-state index contributed by atoms with van der Waals surface area (Å²) < 4.78 is 15.8. The van der Waals surface area contributed by atoms with Gasteiger partial charge >= 0.3 is 5.97 Å². The fourth-order valence-electron chi connectivity index (χ4n) is 3.16.